The lowest BCUT2D eigenvalue weighted by molar-refractivity contribution is 0.185. The molecular formula is C18H20O. The fourth-order valence-corrected chi connectivity index (χ4v) is 2.92. The molecule has 0 bridgehead atoms. The monoisotopic (exact) mass is 252 g/mol. The maximum Gasteiger partial charge on any atom is 0.0515 e. The summed E-state index contributed by atoms with van der Waals surface area (Å²) in [6.07, 6.45) is 2.63. The van der Waals surface area contributed by atoms with Crippen molar-refractivity contribution in [1.82, 2.24) is 0 Å². The Labute approximate surface area is 114 Å². The molecule has 0 heterocycles. The SMILES string of the molecule is Cc1ccc2c(c1)Cc1cc(CCC(C)O)ccc1-2. The Hall–Kier alpha value is -1.60. The van der Waals surface area contributed by atoms with Gasteiger partial charge in [-0.25, -0.2) is 0 Å². The summed E-state index contributed by atoms with van der Waals surface area (Å²) in [7, 11) is 0. The van der Waals surface area contributed by atoms with Crippen molar-refractivity contribution in [3.8, 4) is 11.1 Å². The molecule has 1 unspecified atom stereocenters. The third kappa shape index (κ3) is 2.43. The first-order valence-electron chi connectivity index (χ1n) is 7.03. The van der Waals surface area contributed by atoms with E-state index in [9.17, 15) is 5.11 Å². The quantitative estimate of drug-likeness (QED) is 0.750. The van der Waals surface area contributed by atoms with Crippen LogP contribution in [-0.4, -0.2) is 11.2 Å². The smallest absolute Gasteiger partial charge is 0.0515 e. The second-order valence-electron chi connectivity index (χ2n) is 5.72. The van der Waals surface area contributed by atoms with Crippen LogP contribution in [0.2, 0.25) is 0 Å². The van der Waals surface area contributed by atoms with Crippen LogP contribution in [0.15, 0.2) is 36.4 Å². The number of benzene rings is 2. The Balaban J connectivity index is 1.90. The van der Waals surface area contributed by atoms with Crippen LogP contribution in [0.4, 0.5) is 0 Å². The first-order valence-corrected chi connectivity index (χ1v) is 7.03. The average Bonchev–Trinajstić information content (AvgIpc) is 2.72. The van der Waals surface area contributed by atoms with Gasteiger partial charge in [-0.15, -0.1) is 0 Å². The summed E-state index contributed by atoms with van der Waals surface area (Å²) in [5.74, 6) is 0. The number of hydrogen-bond acceptors (Lipinski definition) is 1. The number of rotatable bonds is 3. The Bertz CT molecular complexity index is 611. The second-order valence-corrected chi connectivity index (χ2v) is 5.72. The van der Waals surface area contributed by atoms with E-state index in [1.54, 1.807) is 0 Å². The van der Waals surface area contributed by atoms with E-state index in [-0.39, 0.29) is 6.10 Å². The lowest BCUT2D eigenvalue weighted by Crippen LogP contribution is -2.01. The van der Waals surface area contributed by atoms with E-state index in [4.69, 9.17) is 0 Å². The molecule has 1 aliphatic rings. The molecule has 0 fully saturated rings. The van der Waals surface area contributed by atoms with Gasteiger partial charge in [0.25, 0.3) is 0 Å². The molecule has 2 aromatic carbocycles. The third-order valence-electron chi connectivity index (χ3n) is 3.95. The van der Waals surface area contributed by atoms with Gasteiger partial charge in [-0.3, -0.25) is 0 Å². The molecule has 3 rings (SSSR count). The topological polar surface area (TPSA) is 20.2 Å². The van der Waals surface area contributed by atoms with Gasteiger partial charge in [0.2, 0.25) is 0 Å². The highest BCUT2D eigenvalue weighted by Crippen LogP contribution is 2.37. The summed E-state index contributed by atoms with van der Waals surface area (Å²) in [6, 6.07) is 13.5. The van der Waals surface area contributed by atoms with Gasteiger partial charge in [0.15, 0.2) is 0 Å². The zero-order valence-electron chi connectivity index (χ0n) is 11.6. The van der Waals surface area contributed by atoms with E-state index >= 15 is 0 Å². The number of aliphatic hydroxyl groups is 1. The molecule has 0 saturated heterocycles. The third-order valence-corrected chi connectivity index (χ3v) is 3.95. The van der Waals surface area contributed by atoms with Crippen LogP contribution in [0.25, 0.3) is 11.1 Å². The number of aliphatic hydroxyl groups excluding tert-OH is 1. The summed E-state index contributed by atoms with van der Waals surface area (Å²) < 4.78 is 0. The molecule has 2 aromatic rings. The molecule has 1 N–H and O–H groups in total. The van der Waals surface area contributed by atoms with E-state index in [0.29, 0.717) is 0 Å². The van der Waals surface area contributed by atoms with E-state index in [2.05, 4.69) is 43.3 Å². The van der Waals surface area contributed by atoms with Crippen molar-refractivity contribution < 1.29 is 5.11 Å². The van der Waals surface area contributed by atoms with Gasteiger partial charge in [-0.1, -0.05) is 42.0 Å². The summed E-state index contributed by atoms with van der Waals surface area (Å²) in [5.41, 5.74) is 8.33. The van der Waals surface area contributed by atoms with E-state index in [1.807, 2.05) is 6.92 Å². The molecule has 1 aliphatic carbocycles. The molecule has 98 valence electrons. The molecule has 19 heavy (non-hydrogen) atoms. The molecule has 0 amide bonds. The van der Waals surface area contributed by atoms with E-state index < -0.39 is 0 Å². The number of hydrogen-bond donors (Lipinski definition) is 1. The van der Waals surface area contributed by atoms with Crippen LogP contribution in [0, 0.1) is 6.92 Å². The molecular weight excluding hydrogens is 232 g/mol. The zero-order chi connectivity index (χ0) is 13.4. The van der Waals surface area contributed by atoms with Crippen molar-refractivity contribution in [2.24, 2.45) is 0 Å². The molecule has 1 heteroatoms. The van der Waals surface area contributed by atoms with Crippen molar-refractivity contribution in [2.45, 2.75) is 39.2 Å². The maximum atomic E-state index is 9.38. The predicted molar refractivity (Wildman–Crippen MR) is 79.4 cm³/mol. The first kappa shape index (κ1) is 12.4. The van der Waals surface area contributed by atoms with Crippen molar-refractivity contribution in [2.75, 3.05) is 0 Å². The lowest BCUT2D eigenvalue weighted by Gasteiger charge is -2.07. The van der Waals surface area contributed by atoms with Crippen LogP contribution < -0.4 is 0 Å². The van der Waals surface area contributed by atoms with Crippen molar-refractivity contribution in [1.29, 1.82) is 0 Å². The molecule has 0 aliphatic heterocycles. The highest BCUT2D eigenvalue weighted by atomic mass is 16.3. The van der Waals surface area contributed by atoms with Crippen LogP contribution in [0.3, 0.4) is 0 Å². The van der Waals surface area contributed by atoms with Crippen LogP contribution in [-0.2, 0) is 12.8 Å². The van der Waals surface area contributed by atoms with Gasteiger partial charge in [0.05, 0.1) is 6.10 Å². The summed E-state index contributed by atoms with van der Waals surface area (Å²) >= 11 is 0. The van der Waals surface area contributed by atoms with Crippen LogP contribution in [0.1, 0.15) is 35.6 Å². The minimum Gasteiger partial charge on any atom is -0.393 e. The highest BCUT2D eigenvalue weighted by molar-refractivity contribution is 5.77. The summed E-state index contributed by atoms with van der Waals surface area (Å²) in [5, 5.41) is 9.38. The standard InChI is InChI=1S/C18H20O/c1-12-3-7-17-15(9-12)11-16-10-14(5-4-13(2)19)6-8-18(16)17/h3,6-10,13,19H,4-5,11H2,1-2H3. The molecule has 0 radical (unpaired) electrons. The molecule has 1 atom stereocenters. The molecule has 0 spiro atoms. The Kier molecular flexibility index (Phi) is 3.16. The van der Waals surface area contributed by atoms with Gasteiger partial charge < -0.3 is 5.11 Å². The summed E-state index contributed by atoms with van der Waals surface area (Å²) in [6.45, 7) is 4.00. The Morgan fingerprint density at radius 1 is 1.05 bits per heavy atom. The number of aryl methyl sites for hydroxylation is 2. The highest BCUT2D eigenvalue weighted by Gasteiger charge is 2.18. The van der Waals surface area contributed by atoms with Gasteiger partial charge in [0, 0.05) is 0 Å². The average molecular weight is 252 g/mol. The minimum absolute atomic E-state index is 0.215. The van der Waals surface area contributed by atoms with Gasteiger partial charge in [-0.2, -0.15) is 0 Å². The number of fused-ring (bicyclic) bond motifs is 3. The Morgan fingerprint density at radius 3 is 2.47 bits per heavy atom. The van der Waals surface area contributed by atoms with Crippen molar-refractivity contribution in [3.63, 3.8) is 0 Å². The summed E-state index contributed by atoms with van der Waals surface area (Å²) in [4.78, 5) is 0. The molecule has 0 saturated carbocycles. The predicted octanol–water partition coefficient (Wildman–Crippen LogP) is 3.88. The normalized spacial score (nSPS) is 14.1. The fraction of sp³-hybridized carbons (Fsp3) is 0.333. The van der Waals surface area contributed by atoms with Crippen molar-refractivity contribution >= 4 is 0 Å². The van der Waals surface area contributed by atoms with E-state index in [0.717, 1.165) is 19.3 Å². The second kappa shape index (κ2) is 4.82. The van der Waals surface area contributed by atoms with Gasteiger partial charge in [-0.05, 0) is 60.9 Å². The zero-order valence-corrected chi connectivity index (χ0v) is 11.6. The van der Waals surface area contributed by atoms with Crippen LogP contribution in [0.5, 0.6) is 0 Å². The maximum absolute atomic E-state index is 9.38. The molecule has 0 aromatic heterocycles. The van der Waals surface area contributed by atoms with Crippen molar-refractivity contribution in [3.05, 3.63) is 58.7 Å². The largest absolute Gasteiger partial charge is 0.393 e. The minimum atomic E-state index is -0.215. The fourth-order valence-electron chi connectivity index (χ4n) is 2.92. The van der Waals surface area contributed by atoms with E-state index in [1.165, 1.54) is 33.4 Å². The Morgan fingerprint density at radius 2 is 1.74 bits per heavy atom. The van der Waals surface area contributed by atoms with Crippen LogP contribution >= 0.6 is 0 Å². The van der Waals surface area contributed by atoms with Gasteiger partial charge >= 0.3 is 0 Å². The first-order chi connectivity index (χ1) is 9.13. The van der Waals surface area contributed by atoms with Gasteiger partial charge in [0.1, 0.15) is 0 Å². The lowest BCUT2D eigenvalue weighted by atomic mass is 10.00. The molecule has 1 nitrogen and oxygen atoms in total.